The number of hydrogen-bond acceptors (Lipinski definition) is 4. The fourth-order valence-corrected chi connectivity index (χ4v) is 2.54. The van der Waals surface area contributed by atoms with Gasteiger partial charge in [0.1, 0.15) is 0 Å². The van der Waals surface area contributed by atoms with E-state index in [9.17, 15) is 4.79 Å². The van der Waals surface area contributed by atoms with E-state index >= 15 is 0 Å². The minimum atomic E-state index is 0.0240. The van der Waals surface area contributed by atoms with Gasteiger partial charge in [-0.25, -0.2) is 0 Å². The van der Waals surface area contributed by atoms with Gasteiger partial charge in [-0.15, -0.1) is 0 Å². The monoisotopic (exact) mass is 392 g/mol. The maximum Gasteiger partial charge on any atom is 0.253 e. The normalized spacial score (nSPS) is 11.4. The van der Waals surface area contributed by atoms with Gasteiger partial charge in [0.05, 0.1) is 13.2 Å². The second-order valence-corrected chi connectivity index (χ2v) is 6.65. The van der Waals surface area contributed by atoms with Crippen molar-refractivity contribution in [1.29, 1.82) is 0 Å². The molecule has 0 saturated heterocycles. The highest BCUT2D eigenvalue weighted by atomic mass is 16.5. The Kier molecular flexibility index (Phi) is 12.7. The number of aliphatic imine (C=N–C) groups is 1. The number of carbonyl (C=O) groups is 1. The van der Waals surface area contributed by atoms with Crippen LogP contribution in [0.25, 0.3) is 0 Å². The third-order valence-electron chi connectivity index (χ3n) is 4.03. The molecule has 0 aliphatic rings. The Hall–Kier alpha value is -2.12. The predicted molar refractivity (Wildman–Crippen MR) is 114 cm³/mol. The molecule has 0 aromatic heterocycles. The van der Waals surface area contributed by atoms with Crippen LogP contribution in [0.1, 0.15) is 35.7 Å². The van der Waals surface area contributed by atoms with Crippen molar-refractivity contribution in [3.05, 3.63) is 35.4 Å². The zero-order valence-corrected chi connectivity index (χ0v) is 17.8. The number of guanidine groups is 1. The maximum absolute atomic E-state index is 12.1. The van der Waals surface area contributed by atoms with Gasteiger partial charge < -0.3 is 25.0 Å². The zero-order chi connectivity index (χ0) is 20.6. The average molecular weight is 393 g/mol. The first kappa shape index (κ1) is 23.9. The van der Waals surface area contributed by atoms with Gasteiger partial charge in [-0.05, 0) is 43.9 Å². The molecular formula is C21H36N4O3. The fourth-order valence-electron chi connectivity index (χ4n) is 2.54. The summed E-state index contributed by atoms with van der Waals surface area (Å²) in [5.41, 5.74) is 1.85. The summed E-state index contributed by atoms with van der Waals surface area (Å²) in [5, 5.41) is 6.62. The Balaban J connectivity index is 2.36. The molecule has 1 rings (SSSR count). The van der Waals surface area contributed by atoms with Crippen molar-refractivity contribution in [3.63, 3.8) is 0 Å². The molecule has 2 N–H and O–H groups in total. The van der Waals surface area contributed by atoms with Crippen molar-refractivity contribution >= 4 is 11.9 Å². The van der Waals surface area contributed by atoms with Crippen LogP contribution in [0.4, 0.5) is 0 Å². The van der Waals surface area contributed by atoms with Crippen LogP contribution in [0.2, 0.25) is 0 Å². The number of benzene rings is 1. The number of amides is 1. The van der Waals surface area contributed by atoms with E-state index in [0.717, 1.165) is 62.6 Å². The van der Waals surface area contributed by atoms with Gasteiger partial charge >= 0.3 is 0 Å². The molecule has 0 aliphatic carbocycles. The smallest absolute Gasteiger partial charge is 0.253 e. The lowest BCUT2D eigenvalue weighted by molar-refractivity contribution is 0.0690. The Labute approximate surface area is 169 Å². The minimum Gasteiger partial charge on any atom is -0.382 e. The lowest BCUT2D eigenvalue weighted by Gasteiger charge is -2.13. The second-order valence-electron chi connectivity index (χ2n) is 6.65. The molecule has 0 saturated carbocycles. The maximum atomic E-state index is 12.1. The molecule has 1 amide bonds. The predicted octanol–water partition coefficient (Wildman–Crippen LogP) is 1.93. The molecule has 0 bridgehead atoms. The first-order chi connectivity index (χ1) is 13.6. The van der Waals surface area contributed by atoms with Crippen molar-refractivity contribution in [2.24, 2.45) is 4.99 Å². The van der Waals surface area contributed by atoms with Crippen LogP contribution in [-0.4, -0.2) is 77.4 Å². The van der Waals surface area contributed by atoms with Crippen molar-refractivity contribution in [2.45, 2.75) is 26.2 Å². The van der Waals surface area contributed by atoms with Crippen LogP contribution in [-0.2, 0) is 15.9 Å². The van der Waals surface area contributed by atoms with Gasteiger partial charge in [0.15, 0.2) is 5.96 Å². The first-order valence-electron chi connectivity index (χ1n) is 9.98. The quantitative estimate of drug-likeness (QED) is 0.305. The molecular weight excluding hydrogens is 356 g/mol. The molecule has 0 unspecified atom stereocenters. The van der Waals surface area contributed by atoms with Crippen LogP contribution in [0.5, 0.6) is 0 Å². The average Bonchev–Trinajstić information content (AvgIpc) is 2.69. The summed E-state index contributed by atoms with van der Waals surface area (Å²) in [7, 11) is 5.20. The van der Waals surface area contributed by atoms with E-state index in [4.69, 9.17) is 9.47 Å². The second kappa shape index (κ2) is 14.9. The molecule has 0 aliphatic heterocycles. The number of nitrogens with zero attached hydrogens (tertiary/aromatic N) is 2. The Bertz CT molecular complexity index is 591. The van der Waals surface area contributed by atoms with Crippen LogP contribution in [0.15, 0.2) is 29.3 Å². The fraction of sp³-hybridized carbons (Fsp3) is 0.619. The van der Waals surface area contributed by atoms with E-state index in [1.54, 1.807) is 26.1 Å². The highest BCUT2D eigenvalue weighted by Crippen LogP contribution is 2.07. The summed E-state index contributed by atoms with van der Waals surface area (Å²) in [6.07, 6.45) is 2.80. The molecule has 158 valence electrons. The standard InChI is InChI=1S/C21H36N4O3/c1-5-22-21(23-12-6-7-14-28-16-15-27-4)24-13-11-18-9-8-10-19(17-18)20(26)25(2)3/h8-10,17H,5-7,11-16H2,1-4H3,(H2,22,23,24). The number of unbranched alkanes of at least 4 members (excludes halogenated alkanes) is 1. The van der Waals surface area contributed by atoms with E-state index in [0.29, 0.717) is 13.2 Å². The van der Waals surface area contributed by atoms with Gasteiger partial charge in [-0.1, -0.05) is 12.1 Å². The van der Waals surface area contributed by atoms with Crippen molar-refractivity contribution < 1.29 is 14.3 Å². The summed E-state index contributed by atoms with van der Waals surface area (Å²) >= 11 is 0. The van der Waals surface area contributed by atoms with Gasteiger partial charge in [0, 0.05) is 53.0 Å². The highest BCUT2D eigenvalue weighted by molar-refractivity contribution is 5.94. The largest absolute Gasteiger partial charge is 0.382 e. The number of nitrogens with one attached hydrogen (secondary N) is 2. The third-order valence-corrected chi connectivity index (χ3v) is 4.03. The Morgan fingerprint density at radius 3 is 2.68 bits per heavy atom. The third kappa shape index (κ3) is 10.3. The Morgan fingerprint density at radius 2 is 1.96 bits per heavy atom. The lowest BCUT2D eigenvalue weighted by atomic mass is 10.1. The SMILES string of the molecule is CCNC(=NCCCCOCCOC)NCCc1cccc(C(=O)N(C)C)c1. The van der Waals surface area contributed by atoms with Gasteiger partial charge in [-0.3, -0.25) is 9.79 Å². The molecule has 28 heavy (non-hydrogen) atoms. The summed E-state index contributed by atoms with van der Waals surface area (Å²) in [4.78, 5) is 18.3. The van der Waals surface area contributed by atoms with E-state index in [-0.39, 0.29) is 5.91 Å². The summed E-state index contributed by atoms with van der Waals surface area (Å²) in [5.74, 6) is 0.847. The number of hydrogen-bond donors (Lipinski definition) is 2. The van der Waals surface area contributed by atoms with Gasteiger partial charge in [-0.2, -0.15) is 0 Å². The molecule has 0 atom stereocenters. The minimum absolute atomic E-state index is 0.0240. The number of methoxy groups -OCH3 is 1. The Morgan fingerprint density at radius 1 is 1.14 bits per heavy atom. The van der Waals surface area contributed by atoms with Crippen molar-refractivity contribution in [3.8, 4) is 0 Å². The molecule has 0 heterocycles. The van der Waals surface area contributed by atoms with Crippen LogP contribution >= 0.6 is 0 Å². The first-order valence-corrected chi connectivity index (χ1v) is 9.98. The van der Waals surface area contributed by atoms with Crippen LogP contribution in [0.3, 0.4) is 0 Å². The zero-order valence-electron chi connectivity index (χ0n) is 17.8. The summed E-state index contributed by atoms with van der Waals surface area (Å²) < 4.78 is 10.4. The molecule has 1 aromatic rings. The lowest BCUT2D eigenvalue weighted by Crippen LogP contribution is -2.38. The molecule has 7 heteroatoms. The molecule has 7 nitrogen and oxygen atoms in total. The topological polar surface area (TPSA) is 75.2 Å². The number of rotatable bonds is 13. The van der Waals surface area contributed by atoms with E-state index in [1.807, 2.05) is 24.3 Å². The number of carbonyl (C=O) groups excluding carboxylic acids is 1. The van der Waals surface area contributed by atoms with E-state index in [2.05, 4.69) is 22.5 Å². The van der Waals surface area contributed by atoms with Crippen LogP contribution in [0, 0.1) is 0 Å². The van der Waals surface area contributed by atoms with E-state index < -0.39 is 0 Å². The van der Waals surface area contributed by atoms with Crippen molar-refractivity contribution in [1.82, 2.24) is 15.5 Å². The summed E-state index contributed by atoms with van der Waals surface area (Å²) in [6.45, 7) is 6.41. The van der Waals surface area contributed by atoms with Gasteiger partial charge in [0.2, 0.25) is 0 Å². The number of ether oxygens (including phenoxy) is 2. The molecule has 0 radical (unpaired) electrons. The molecule has 0 fully saturated rings. The summed E-state index contributed by atoms with van der Waals surface area (Å²) in [6, 6.07) is 7.78. The molecule has 0 spiro atoms. The van der Waals surface area contributed by atoms with Crippen molar-refractivity contribution in [2.75, 3.05) is 60.7 Å². The molecule has 1 aromatic carbocycles. The van der Waals surface area contributed by atoms with Gasteiger partial charge in [0.25, 0.3) is 5.91 Å². The van der Waals surface area contributed by atoms with E-state index in [1.165, 1.54) is 0 Å². The van der Waals surface area contributed by atoms with Crippen LogP contribution < -0.4 is 10.6 Å². The highest BCUT2D eigenvalue weighted by Gasteiger charge is 2.08.